The first-order valence-corrected chi connectivity index (χ1v) is 7.24. The molecule has 1 rings (SSSR count). The van der Waals surface area contributed by atoms with Crippen molar-refractivity contribution in [3.8, 4) is 0 Å². The van der Waals surface area contributed by atoms with Crippen LogP contribution in [0.2, 0.25) is 0 Å². The van der Waals surface area contributed by atoms with Crippen molar-refractivity contribution in [2.75, 3.05) is 13.6 Å². The molecule has 0 bridgehead atoms. The SMILES string of the molecule is Cc1ccc(S(=O)(=O)N(C)CC(F)(F)F)cc1CCl. The van der Waals surface area contributed by atoms with Gasteiger partial charge in [-0.15, -0.1) is 11.6 Å². The van der Waals surface area contributed by atoms with Crippen LogP contribution in [0.4, 0.5) is 13.2 Å². The normalized spacial score (nSPS) is 13.0. The molecule has 0 radical (unpaired) electrons. The van der Waals surface area contributed by atoms with Gasteiger partial charge in [0.05, 0.1) is 4.90 Å². The Morgan fingerprint density at radius 1 is 1.32 bits per heavy atom. The highest BCUT2D eigenvalue weighted by molar-refractivity contribution is 7.89. The number of hydrogen-bond acceptors (Lipinski definition) is 2. The lowest BCUT2D eigenvalue weighted by atomic mass is 10.1. The van der Waals surface area contributed by atoms with E-state index in [0.717, 1.165) is 12.6 Å². The van der Waals surface area contributed by atoms with Gasteiger partial charge in [0.15, 0.2) is 0 Å². The van der Waals surface area contributed by atoms with Crippen molar-refractivity contribution >= 4 is 21.6 Å². The van der Waals surface area contributed by atoms with Crippen LogP contribution in [0, 0.1) is 6.92 Å². The minimum atomic E-state index is -4.58. The van der Waals surface area contributed by atoms with Crippen LogP contribution in [0.25, 0.3) is 0 Å². The van der Waals surface area contributed by atoms with E-state index in [9.17, 15) is 21.6 Å². The summed E-state index contributed by atoms with van der Waals surface area (Å²) in [6.07, 6.45) is -4.58. The number of rotatable bonds is 4. The molecule has 0 unspecified atom stereocenters. The molecule has 0 aliphatic carbocycles. The smallest absolute Gasteiger partial charge is 0.207 e. The van der Waals surface area contributed by atoms with Crippen LogP contribution in [0.1, 0.15) is 11.1 Å². The van der Waals surface area contributed by atoms with E-state index in [1.165, 1.54) is 18.2 Å². The summed E-state index contributed by atoms with van der Waals surface area (Å²) in [5.74, 6) is 0.0954. The first-order valence-electron chi connectivity index (χ1n) is 5.26. The first kappa shape index (κ1) is 16.3. The van der Waals surface area contributed by atoms with Gasteiger partial charge in [-0.2, -0.15) is 17.5 Å². The highest BCUT2D eigenvalue weighted by atomic mass is 35.5. The second-order valence-electron chi connectivity index (χ2n) is 4.10. The predicted molar refractivity (Wildman–Crippen MR) is 66.6 cm³/mol. The molecule has 0 heterocycles. The summed E-state index contributed by atoms with van der Waals surface area (Å²) in [6.45, 7) is 0.215. The average molecular weight is 316 g/mol. The topological polar surface area (TPSA) is 37.4 Å². The third-order valence-corrected chi connectivity index (χ3v) is 4.66. The molecular weight excluding hydrogens is 303 g/mol. The van der Waals surface area contributed by atoms with Crippen molar-refractivity contribution in [2.24, 2.45) is 0 Å². The lowest BCUT2D eigenvalue weighted by Gasteiger charge is -2.19. The second-order valence-corrected chi connectivity index (χ2v) is 6.41. The van der Waals surface area contributed by atoms with E-state index in [2.05, 4.69) is 0 Å². The van der Waals surface area contributed by atoms with E-state index in [1.807, 2.05) is 0 Å². The number of benzene rings is 1. The summed E-state index contributed by atoms with van der Waals surface area (Å²) in [5, 5.41) is 0. The molecule has 3 nitrogen and oxygen atoms in total. The number of halogens is 4. The molecule has 0 amide bonds. The van der Waals surface area contributed by atoms with Crippen molar-refractivity contribution < 1.29 is 21.6 Å². The van der Waals surface area contributed by atoms with Crippen molar-refractivity contribution in [2.45, 2.75) is 23.9 Å². The molecule has 0 saturated carbocycles. The number of nitrogens with zero attached hydrogens (tertiary/aromatic N) is 1. The van der Waals surface area contributed by atoms with Gasteiger partial charge in [0.1, 0.15) is 6.54 Å². The molecule has 8 heteroatoms. The molecule has 19 heavy (non-hydrogen) atoms. The van der Waals surface area contributed by atoms with Crippen LogP contribution in [0.3, 0.4) is 0 Å². The summed E-state index contributed by atoms with van der Waals surface area (Å²) in [5.41, 5.74) is 1.36. The Hall–Kier alpha value is -0.790. The van der Waals surface area contributed by atoms with E-state index in [1.54, 1.807) is 6.92 Å². The summed E-state index contributed by atoms with van der Waals surface area (Å²) < 4.78 is 60.9. The Labute approximate surface area is 115 Å². The van der Waals surface area contributed by atoms with Crippen LogP contribution in [-0.4, -0.2) is 32.5 Å². The monoisotopic (exact) mass is 315 g/mol. The van der Waals surface area contributed by atoms with E-state index >= 15 is 0 Å². The Bertz CT molecular complexity index is 558. The largest absolute Gasteiger partial charge is 0.402 e. The molecule has 0 N–H and O–H groups in total. The van der Waals surface area contributed by atoms with Gasteiger partial charge in [-0.3, -0.25) is 0 Å². The van der Waals surface area contributed by atoms with Crippen LogP contribution in [0.15, 0.2) is 23.1 Å². The first-order chi connectivity index (χ1) is 8.58. The molecule has 108 valence electrons. The van der Waals surface area contributed by atoms with Crippen molar-refractivity contribution in [3.63, 3.8) is 0 Å². The fourth-order valence-corrected chi connectivity index (χ4v) is 2.97. The van der Waals surface area contributed by atoms with Crippen molar-refractivity contribution in [3.05, 3.63) is 29.3 Å². The molecule has 0 aliphatic rings. The fraction of sp³-hybridized carbons (Fsp3) is 0.455. The Balaban J connectivity index is 3.13. The Morgan fingerprint density at radius 3 is 2.37 bits per heavy atom. The van der Waals surface area contributed by atoms with Crippen LogP contribution in [-0.2, 0) is 15.9 Å². The third-order valence-electron chi connectivity index (χ3n) is 2.57. The minimum Gasteiger partial charge on any atom is -0.207 e. The van der Waals surface area contributed by atoms with E-state index in [4.69, 9.17) is 11.6 Å². The molecular formula is C11H13ClF3NO2S. The van der Waals surface area contributed by atoms with Gasteiger partial charge in [0, 0.05) is 12.9 Å². The van der Waals surface area contributed by atoms with E-state index in [-0.39, 0.29) is 15.1 Å². The lowest BCUT2D eigenvalue weighted by molar-refractivity contribution is -0.134. The zero-order chi connectivity index (χ0) is 14.8. The van der Waals surface area contributed by atoms with Gasteiger partial charge in [-0.1, -0.05) is 6.07 Å². The van der Waals surface area contributed by atoms with Crippen molar-refractivity contribution in [1.29, 1.82) is 0 Å². The summed E-state index contributed by atoms with van der Waals surface area (Å²) in [4.78, 5) is -0.194. The maximum Gasteiger partial charge on any atom is 0.402 e. The van der Waals surface area contributed by atoms with Crippen LogP contribution < -0.4 is 0 Å². The van der Waals surface area contributed by atoms with Crippen LogP contribution in [0.5, 0.6) is 0 Å². The van der Waals surface area contributed by atoms with Gasteiger partial charge >= 0.3 is 6.18 Å². The highest BCUT2D eigenvalue weighted by Crippen LogP contribution is 2.23. The molecule has 0 atom stereocenters. The number of aryl methyl sites for hydroxylation is 1. The van der Waals surface area contributed by atoms with Crippen molar-refractivity contribution in [1.82, 2.24) is 4.31 Å². The molecule has 0 spiro atoms. The minimum absolute atomic E-state index is 0.0954. The van der Waals surface area contributed by atoms with Gasteiger partial charge in [0.25, 0.3) is 0 Å². The standard InChI is InChI=1S/C11H13ClF3NO2S/c1-8-3-4-10(5-9(8)6-12)19(17,18)16(2)7-11(13,14)15/h3-5H,6-7H2,1-2H3. The summed E-state index contributed by atoms with van der Waals surface area (Å²) in [6, 6.07) is 4.09. The van der Waals surface area contributed by atoms with Gasteiger partial charge < -0.3 is 0 Å². The van der Waals surface area contributed by atoms with E-state index < -0.39 is 22.7 Å². The molecule has 0 aromatic heterocycles. The molecule has 1 aromatic rings. The third kappa shape index (κ3) is 4.09. The molecule has 0 aliphatic heterocycles. The Morgan fingerprint density at radius 2 is 1.89 bits per heavy atom. The molecule has 0 fully saturated rings. The van der Waals surface area contributed by atoms with Gasteiger partial charge in [-0.25, -0.2) is 8.42 Å². The number of alkyl halides is 4. The van der Waals surface area contributed by atoms with Gasteiger partial charge in [-0.05, 0) is 30.2 Å². The number of sulfonamides is 1. The van der Waals surface area contributed by atoms with Gasteiger partial charge in [0.2, 0.25) is 10.0 Å². The molecule has 0 saturated heterocycles. The Kier molecular flexibility index (Phi) is 4.86. The van der Waals surface area contributed by atoms with Crippen LogP contribution >= 0.6 is 11.6 Å². The molecule has 1 aromatic carbocycles. The number of hydrogen-bond donors (Lipinski definition) is 0. The summed E-state index contributed by atoms with van der Waals surface area (Å²) >= 11 is 5.65. The highest BCUT2D eigenvalue weighted by Gasteiger charge is 2.34. The zero-order valence-corrected chi connectivity index (χ0v) is 11.9. The summed E-state index contributed by atoms with van der Waals surface area (Å²) in [7, 11) is -3.27. The fourth-order valence-electron chi connectivity index (χ4n) is 1.47. The maximum atomic E-state index is 12.2. The second kappa shape index (κ2) is 5.68. The quantitative estimate of drug-likeness (QED) is 0.801. The van der Waals surface area contributed by atoms with E-state index in [0.29, 0.717) is 5.56 Å². The average Bonchev–Trinajstić information content (AvgIpc) is 2.27. The maximum absolute atomic E-state index is 12.2. The zero-order valence-electron chi connectivity index (χ0n) is 10.3. The predicted octanol–water partition coefficient (Wildman–Crippen LogP) is 2.92. The lowest BCUT2D eigenvalue weighted by Crippen LogP contribution is -2.35.